The molecular formula is C17H13FN4OS2. The smallest absolute Gasteiger partial charge is 0.270 e. The zero-order valence-electron chi connectivity index (χ0n) is 13.0. The second kappa shape index (κ2) is 6.73. The van der Waals surface area contributed by atoms with Crippen LogP contribution < -0.4 is 4.90 Å². The lowest BCUT2D eigenvalue weighted by molar-refractivity contribution is 0.0989. The van der Waals surface area contributed by atoms with Crippen LogP contribution in [0.5, 0.6) is 0 Å². The number of hydrogen-bond donors (Lipinski definition) is 0. The van der Waals surface area contributed by atoms with E-state index in [0.29, 0.717) is 28.6 Å². The summed E-state index contributed by atoms with van der Waals surface area (Å²) in [5, 5.41) is 6.60. The summed E-state index contributed by atoms with van der Waals surface area (Å²) in [6, 6.07) is 9.93. The molecule has 0 aliphatic heterocycles. The molecule has 1 amide bonds. The van der Waals surface area contributed by atoms with Crippen molar-refractivity contribution in [2.45, 2.75) is 6.54 Å². The second-order valence-corrected chi connectivity index (χ2v) is 7.27. The van der Waals surface area contributed by atoms with Crippen LogP contribution in [0.4, 0.5) is 9.52 Å². The van der Waals surface area contributed by atoms with Gasteiger partial charge in [-0.25, -0.2) is 9.37 Å². The third-order valence-electron chi connectivity index (χ3n) is 3.66. The minimum absolute atomic E-state index is 0.110. The normalized spacial score (nSPS) is 11.1. The molecule has 4 aromatic rings. The highest BCUT2D eigenvalue weighted by molar-refractivity contribution is 7.22. The van der Waals surface area contributed by atoms with Gasteiger partial charge in [0.2, 0.25) is 0 Å². The number of benzene rings is 1. The first kappa shape index (κ1) is 15.9. The summed E-state index contributed by atoms with van der Waals surface area (Å²) in [7, 11) is 0. The van der Waals surface area contributed by atoms with Crippen molar-refractivity contribution in [1.29, 1.82) is 0 Å². The Morgan fingerprint density at radius 2 is 2.20 bits per heavy atom. The van der Waals surface area contributed by atoms with Crippen molar-refractivity contribution in [2.24, 2.45) is 0 Å². The predicted octanol–water partition coefficient (Wildman–Crippen LogP) is 4.04. The van der Waals surface area contributed by atoms with Gasteiger partial charge in [0.05, 0.1) is 21.6 Å². The molecule has 0 radical (unpaired) electrons. The van der Waals surface area contributed by atoms with E-state index in [0.717, 1.165) is 4.70 Å². The van der Waals surface area contributed by atoms with Crippen molar-refractivity contribution in [2.75, 3.05) is 11.4 Å². The molecule has 0 N–H and O–H groups in total. The Morgan fingerprint density at radius 1 is 1.28 bits per heavy atom. The molecule has 4 rings (SSSR count). The maximum atomic E-state index is 13.5. The molecule has 0 spiro atoms. The number of hydrogen-bond acceptors (Lipinski definition) is 5. The van der Waals surface area contributed by atoms with Crippen LogP contribution in [0.3, 0.4) is 0 Å². The Balaban J connectivity index is 1.68. The van der Waals surface area contributed by atoms with E-state index in [4.69, 9.17) is 0 Å². The highest BCUT2D eigenvalue weighted by Crippen LogP contribution is 2.30. The average molecular weight is 372 g/mol. The van der Waals surface area contributed by atoms with Gasteiger partial charge >= 0.3 is 0 Å². The molecule has 0 aliphatic rings. The minimum Gasteiger partial charge on any atom is -0.281 e. The first-order valence-corrected chi connectivity index (χ1v) is 9.29. The summed E-state index contributed by atoms with van der Waals surface area (Å²) in [5.41, 5.74) is 0.685. The van der Waals surface area contributed by atoms with Gasteiger partial charge in [-0.2, -0.15) is 5.10 Å². The number of halogens is 1. The van der Waals surface area contributed by atoms with E-state index in [1.807, 2.05) is 23.7 Å². The highest BCUT2D eigenvalue weighted by atomic mass is 32.1. The Hall–Kier alpha value is -2.58. The van der Waals surface area contributed by atoms with Gasteiger partial charge in [-0.15, -0.1) is 11.3 Å². The van der Waals surface area contributed by atoms with Crippen LogP contribution in [0, 0.1) is 5.82 Å². The SMILES string of the molecule is O=C(c1cccs1)N(CCn1cccn1)c1nc2ccc(F)cc2s1. The lowest BCUT2D eigenvalue weighted by Crippen LogP contribution is -2.33. The number of amides is 1. The monoisotopic (exact) mass is 372 g/mol. The first-order chi connectivity index (χ1) is 12.2. The Morgan fingerprint density at radius 3 is 2.96 bits per heavy atom. The van der Waals surface area contributed by atoms with E-state index < -0.39 is 0 Å². The number of carbonyl (C=O) groups is 1. The Labute approximate surface area is 151 Å². The predicted molar refractivity (Wildman–Crippen MR) is 97.8 cm³/mol. The summed E-state index contributed by atoms with van der Waals surface area (Å²) in [6.07, 6.45) is 3.55. The summed E-state index contributed by atoms with van der Waals surface area (Å²) < 4.78 is 15.9. The number of thiazole rings is 1. The number of thiophene rings is 1. The molecule has 0 fully saturated rings. The summed E-state index contributed by atoms with van der Waals surface area (Å²) in [5.74, 6) is -0.419. The lowest BCUT2D eigenvalue weighted by atomic mass is 10.3. The summed E-state index contributed by atoms with van der Waals surface area (Å²) in [6.45, 7) is 0.981. The third-order valence-corrected chi connectivity index (χ3v) is 5.56. The van der Waals surface area contributed by atoms with Crippen molar-refractivity contribution >= 4 is 43.9 Å². The van der Waals surface area contributed by atoms with Crippen LogP contribution >= 0.6 is 22.7 Å². The Bertz CT molecular complexity index is 995. The number of rotatable bonds is 5. The second-order valence-electron chi connectivity index (χ2n) is 5.31. The maximum absolute atomic E-state index is 13.5. The molecule has 126 valence electrons. The fraction of sp³-hybridized carbons (Fsp3) is 0.118. The zero-order chi connectivity index (χ0) is 17.2. The van der Waals surface area contributed by atoms with Crippen molar-refractivity contribution in [3.8, 4) is 0 Å². The molecule has 1 aromatic carbocycles. The molecule has 25 heavy (non-hydrogen) atoms. The highest BCUT2D eigenvalue weighted by Gasteiger charge is 2.22. The molecule has 0 bridgehead atoms. The number of nitrogens with zero attached hydrogens (tertiary/aromatic N) is 4. The summed E-state index contributed by atoms with van der Waals surface area (Å²) in [4.78, 5) is 19.7. The van der Waals surface area contributed by atoms with Crippen LogP contribution in [0.1, 0.15) is 9.67 Å². The molecule has 0 atom stereocenters. The van der Waals surface area contributed by atoms with Gasteiger partial charge in [0.15, 0.2) is 5.13 Å². The van der Waals surface area contributed by atoms with Crippen molar-refractivity contribution < 1.29 is 9.18 Å². The van der Waals surface area contributed by atoms with Crippen LogP contribution in [0.2, 0.25) is 0 Å². The quantitative estimate of drug-likeness (QED) is 0.531. The molecule has 0 aliphatic carbocycles. The first-order valence-electron chi connectivity index (χ1n) is 7.59. The van der Waals surface area contributed by atoms with Gasteiger partial charge in [0.1, 0.15) is 5.82 Å². The van der Waals surface area contributed by atoms with Crippen LogP contribution in [0.15, 0.2) is 54.2 Å². The van der Waals surface area contributed by atoms with E-state index in [1.165, 1.54) is 34.8 Å². The molecule has 8 heteroatoms. The standard InChI is InChI=1S/C17H13FN4OS2/c18-12-4-5-13-15(11-12)25-17(20-13)22(9-8-21-7-2-6-19-21)16(23)14-3-1-10-24-14/h1-7,10-11H,8-9H2. The third kappa shape index (κ3) is 3.31. The van der Waals surface area contributed by atoms with Gasteiger partial charge in [-0.3, -0.25) is 14.4 Å². The van der Waals surface area contributed by atoms with E-state index in [2.05, 4.69) is 10.1 Å². The van der Waals surface area contributed by atoms with Gasteiger partial charge in [0, 0.05) is 18.9 Å². The molecule has 3 heterocycles. The number of carbonyl (C=O) groups excluding carboxylic acids is 1. The van der Waals surface area contributed by atoms with E-state index in [1.54, 1.807) is 27.9 Å². The number of anilines is 1. The van der Waals surface area contributed by atoms with Crippen molar-refractivity contribution in [1.82, 2.24) is 14.8 Å². The largest absolute Gasteiger partial charge is 0.281 e. The zero-order valence-corrected chi connectivity index (χ0v) is 14.6. The molecule has 3 aromatic heterocycles. The van der Waals surface area contributed by atoms with E-state index in [-0.39, 0.29) is 11.7 Å². The minimum atomic E-state index is -0.310. The van der Waals surface area contributed by atoms with Crippen molar-refractivity contribution in [3.63, 3.8) is 0 Å². The van der Waals surface area contributed by atoms with Crippen LogP contribution in [0.25, 0.3) is 10.2 Å². The fourth-order valence-corrected chi connectivity index (χ4v) is 4.14. The Kier molecular flexibility index (Phi) is 4.29. The lowest BCUT2D eigenvalue weighted by Gasteiger charge is -2.19. The average Bonchev–Trinajstić information content (AvgIpc) is 3.36. The van der Waals surface area contributed by atoms with Gasteiger partial charge in [-0.1, -0.05) is 17.4 Å². The van der Waals surface area contributed by atoms with Crippen LogP contribution in [-0.2, 0) is 6.54 Å². The summed E-state index contributed by atoms with van der Waals surface area (Å²) >= 11 is 2.70. The fourth-order valence-electron chi connectivity index (χ4n) is 2.45. The maximum Gasteiger partial charge on any atom is 0.270 e. The number of fused-ring (bicyclic) bond motifs is 1. The molecule has 0 unspecified atom stereocenters. The van der Waals surface area contributed by atoms with Gasteiger partial charge in [-0.05, 0) is 35.7 Å². The van der Waals surface area contributed by atoms with Gasteiger partial charge in [0.25, 0.3) is 5.91 Å². The topological polar surface area (TPSA) is 51.0 Å². The van der Waals surface area contributed by atoms with Crippen LogP contribution in [-0.4, -0.2) is 27.2 Å². The van der Waals surface area contributed by atoms with E-state index in [9.17, 15) is 9.18 Å². The number of aromatic nitrogens is 3. The molecule has 0 saturated carbocycles. The molecule has 5 nitrogen and oxygen atoms in total. The van der Waals surface area contributed by atoms with Gasteiger partial charge < -0.3 is 0 Å². The van der Waals surface area contributed by atoms with Crippen molar-refractivity contribution in [3.05, 3.63) is 64.9 Å². The van der Waals surface area contributed by atoms with E-state index >= 15 is 0 Å². The molecular weight excluding hydrogens is 359 g/mol. The molecule has 0 saturated heterocycles.